The molecule has 0 saturated carbocycles. The second-order valence-electron chi connectivity index (χ2n) is 4.52. The minimum atomic E-state index is 0.805. The van der Waals surface area contributed by atoms with Gasteiger partial charge in [0.25, 0.3) is 0 Å². The van der Waals surface area contributed by atoms with Gasteiger partial charge in [0.1, 0.15) is 12.1 Å². The zero-order valence-corrected chi connectivity index (χ0v) is 12.7. The highest BCUT2D eigenvalue weighted by Gasteiger charge is 2.19. The van der Waals surface area contributed by atoms with E-state index in [-0.39, 0.29) is 0 Å². The summed E-state index contributed by atoms with van der Waals surface area (Å²) in [5, 5.41) is 0. The Morgan fingerprint density at radius 3 is 2.67 bits per heavy atom. The molecule has 2 N–H and O–H groups in total. The van der Waals surface area contributed by atoms with Crippen LogP contribution in [0.15, 0.2) is 12.5 Å². The number of rotatable bonds is 5. The molecule has 100 valence electrons. The van der Waals surface area contributed by atoms with Gasteiger partial charge in [-0.25, -0.2) is 9.97 Å². The molecule has 18 heavy (non-hydrogen) atoms. The van der Waals surface area contributed by atoms with Gasteiger partial charge in [-0.2, -0.15) is 0 Å². The van der Waals surface area contributed by atoms with Crippen molar-refractivity contribution in [3.63, 3.8) is 0 Å². The number of aromatic nitrogens is 2. The van der Waals surface area contributed by atoms with Crippen molar-refractivity contribution in [3.8, 4) is 0 Å². The monoisotopic (exact) mass is 361 g/mol. The standard InChI is InChI=1S/C12H20IN5/c13-11-9-15-10-16-12(11)18-7-5-17(6-8-18)4-2-1-3-14/h9-10H,1-8,14H2. The minimum Gasteiger partial charge on any atom is -0.353 e. The normalized spacial score (nSPS) is 17.1. The lowest BCUT2D eigenvalue weighted by Crippen LogP contribution is -2.47. The second kappa shape index (κ2) is 7.20. The summed E-state index contributed by atoms with van der Waals surface area (Å²) in [5.74, 6) is 1.08. The topological polar surface area (TPSA) is 58.3 Å². The van der Waals surface area contributed by atoms with Crippen LogP contribution in [0.25, 0.3) is 0 Å². The third-order valence-corrected chi connectivity index (χ3v) is 4.01. The van der Waals surface area contributed by atoms with Gasteiger partial charge >= 0.3 is 0 Å². The Morgan fingerprint density at radius 2 is 2.00 bits per heavy atom. The average Bonchev–Trinajstić information content (AvgIpc) is 2.41. The number of halogens is 1. The van der Waals surface area contributed by atoms with Crippen molar-refractivity contribution in [3.05, 3.63) is 16.1 Å². The molecule has 5 nitrogen and oxygen atoms in total. The molecule has 6 heteroatoms. The first-order chi connectivity index (χ1) is 8.81. The van der Waals surface area contributed by atoms with E-state index in [9.17, 15) is 0 Å². The lowest BCUT2D eigenvalue weighted by atomic mass is 10.2. The summed E-state index contributed by atoms with van der Waals surface area (Å²) < 4.78 is 1.13. The molecular weight excluding hydrogens is 341 g/mol. The van der Waals surface area contributed by atoms with Crippen LogP contribution in [0.3, 0.4) is 0 Å². The maximum atomic E-state index is 5.52. The van der Waals surface area contributed by atoms with Crippen LogP contribution >= 0.6 is 22.6 Å². The molecule has 0 unspecified atom stereocenters. The van der Waals surface area contributed by atoms with E-state index in [0.717, 1.165) is 48.5 Å². The first-order valence-corrected chi connectivity index (χ1v) is 7.52. The van der Waals surface area contributed by atoms with Crippen molar-refractivity contribution < 1.29 is 0 Å². The molecule has 0 amide bonds. The number of nitrogens with two attached hydrogens (primary N) is 1. The molecule has 0 spiro atoms. The Bertz CT molecular complexity index is 365. The first-order valence-electron chi connectivity index (χ1n) is 6.44. The number of anilines is 1. The largest absolute Gasteiger partial charge is 0.353 e. The maximum Gasteiger partial charge on any atom is 0.145 e. The van der Waals surface area contributed by atoms with Crippen LogP contribution in [-0.4, -0.2) is 54.1 Å². The van der Waals surface area contributed by atoms with E-state index in [2.05, 4.69) is 42.4 Å². The first kappa shape index (κ1) is 14.0. The highest BCUT2D eigenvalue weighted by atomic mass is 127. The van der Waals surface area contributed by atoms with Crippen LogP contribution in [-0.2, 0) is 0 Å². The fraction of sp³-hybridized carbons (Fsp3) is 0.667. The molecule has 0 bridgehead atoms. The van der Waals surface area contributed by atoms with Gasteiger partial charge in [-0.3, -0.25) is 4.90 Å². The Kier molecular flexibility index (Phi) is 5.58. The van der Waals surface area contributed by atoms with Crippen molar-refractivity contribution in [2.45, 2.75) is 12.8 Å². The Morgan fingerprint density at radius 1 is 1.22 bits per heavy atom. The van der Waals surface area contributed by atoms with Crippen LogP contribution in [0.5, 0.6) is 0 Å². The predicted molar refractivity (Wildman–Crippen MR) is 81.7 cm³/mol. The van der Waals surface area contributed by atoms with E-state index in [1.54, 1.807) is 6.33 Å². The number of hydrogen-bond donors (Lipinski definition) is 1. The van der Waals surface area contributed by atoms with Gasteiger partial charge < -0.3 is 10.6 Å². The molecule has 1 saturated heterocycles. The quantitative estimate of drug-likeness (QED) is 0.625. The van der Waals surface area contributed by atoms with E-state index in [1.807, 2.05) is 6.20 Å². The SMILES string of the molecule is NCCCCN1CCN(c2ncncc2I)CC1. The third-order valence-electron chi connectivity index (χ3n) is 3.25. The lowest BCUT2D eigenvalue weighted by molar-refractivity contribution is 0.253. The molecule has 2 rings (SSSR count). The molecule has 0 atom stereocenters. The summed E-state index contributed by atoms with van der Waals surface area (Å²) in [7, 11) is 0. The van der Waals surface area contributed by atoms with Gasteiger partial charge in [0.15, 0.2) is 0 Å². The van der Waals surface area contributed by atoms with E-state index < -0.39 is 0 Å². The molecule has 2 heterocycles. The molecular formula is C12H20IN5. The summed E-state index contributed by atoms with van der Waals surface area (Å²) in [4.78, 5) is 13.3. The summed E-state index contributed by atoms with van der Waals surface area (Å²) >= 11 is 2.30. The molecule has 1 aromatic rings. The smallest absolute Gasteiger partial charge is 0.145 e. The van der Waals surface area contributed by atoms with Crippen LogP contribution < -0.4 is 10.6 Å². The molecule has 1 aromatic heterocycles. The van der Waals surface area contributed by atoms with E-state index in [0.29, 0.717) is 0 Å². The van der Waals surface area contributed by atoms with Gasteiger partial charge in [-0.15, -0.1) is 0 Å². The van der Waals surface area contributed by atoms with Crippen LogP contribution in [0.4, 0.5) is 5.82 Å². The van der Waals surface area contributed by atoms with Gasteiger partial charge in [0.2, 0.25) is 0 Å². The number of piperazine rings is 1. The average molecular weight is 361 g/mol. The van der Waals surface area contributed by atoms with Crippen molar-refractivity contribution in [2.75, 3.05) is 44.2 Å². The highest BCUT2D eigenvalue weighted by molar-refractivity contribution is 14.1. The molecule has 1 aliphatic heterocycles. The van der Waals surface area contributed by atoms with Crippen molar-refractivity contribution in [1.29, 1.82) is 0 Å². The van der Waals surface area contributed by atoms with Gasteiger partial charge in [0.05, 0.1) is 3.57 Å². The summed E-state index contributed by atoms with van der Waals surface area (Å²) in [5.41, 5.74) is 5.52. The van der Waals surface area contributed by atoms with E-state index >= 15 is 0 Å². The Hall–Kier alpha value is -0.470. The summed E-state index contributed by atoms with van der Waals surface area (Å²) in [6.45, 7) is 6.31. The summed E-state index contributed by atoms with van der Waals surface area (Å²) in [6.07, 6.45) is 5.84. The van der Waals surface area contributed by atoms with Crippen LogP contribution in [0, 0.1) is 3.57 Å². The number of nitrogens with zero attached hydrogens (tertiary/aromatic N) is 4. The molecule has 1 fully saturated rings. The highest BCUT2D eigenvalue weighted by Crippen LogP contribution is 2.19. The molecule has 0 aliphatic carbocycles. The van der Waals surface area contributed by atoms with E-state index in [1.165, 1.54) is 13.0 Å². The van der Waals surface area contributed by atoms with Crippen LogP contribution in [0.2, 0.25) is 0 Å². The molecule has 0 radical (unpaired) electrons. The third kappa shape index (κ3) is 3.76. The molecule has 1 aliphatic rings. The predicted octanol–water partition coefficient (Wildman–Crippen LogP) is 0.942. The van der Waals surface area contributed by atoms with Crippen molar-refractivity contribution in [1.82, 2.24) is 14.9 Å². The second-order valence-corrected chi connectivity index (χ2v) is 5.68. The lowest BCUT2D eigenvalue weighted by Gasteiger charge is -2.35. The zero-order chi connectivity index (χ0) is 12.8. The zero-order valence-electron chi connectivity index (χ0n) is 10.6. The van der Waals surface area contributed by atoms with Crippen LogP contribution in [0.1, 0.15) is 12.8 Å². The number of unbranched alkanes of at least 4 members (excludes halogenated alkanes) is 1. The fourth-order valence-electron chi connectivity index (χ4n) is 2.20. The van der Waals surface area contributed by atoms with Gasteiger partial charge in [-0.1, -0.05) is 0 Å². The Labute approximate surface area is 122 Å². The molecule has 0 aromatic carbocycles. The van der Waals surface area contributed by atoms with Gasteiger partial charge in [0, 0.05) is 32.4 Å². The van der Waals surface area contributed by atoms with Crippen molar-refractivity contribution in [2.24, 2.45) is 5.73 Å². The summed E-state index contributed by atoms with van der Waals surface area (Å²) in [6, 6.07) is 0. The fourth-order valence-corrected chi connectivity index (χ4v) is 2.84. The van der Waals surface area contributed by atoms with Crippen molar-refractivity contribution >= 4 is 28.4 Å². The minimum absolute atomic E-state index is 0.805. The maximum absolute atomic E-state index is 5.52. The Balaban J connectivity index is 1.81. The van der Waals surface area contributed by atoms with E-state index in [4.69, 9.17) is 5.73 Å². The number of hydrogen-bond acceptors (Lipinski definition) is 5. The van der Waals surface area contributed by atoms with Gasteiger partial charge in [-0.05, 0) is 48.5 Å².